The van der Waals surface area contributed by atoms with Gasteiger partial charge in [-0.25, -0.2) is 0 Å². The Morgan fingerprint density at radius 3 is 2.38 bits per heavy atom. The second-order valence-electron chi connectivity index (χ2n) is 13.9. The molecule has 0 heterocycles. The van der Waals surface area contributed by atoms with E-state index in [4.69, 9.17) is 0 Å². The summed E-state index contributed by atoms with van der Waals surface area (Å²) in [7, 11) is 0. The van der Waals surface area contributed by atoms with Crippen LogP contribution in [0.1, 0.15) is 113 Å². The van der Waals surface area contributed by atoms with Crippen molar-refractivity contribution in [3.05, 3.63) is 23.8 Å². The van der Waals surface area contributed by atoms with Crippen molar-refractivity contribution in [3.8, 4) is 0 Å². The van der Waals surface area contributed by atoms with Gasteiger partial charge in [0.1, 0.15) is 5.78 Å². The lowest BCUT2D eigenvalue weighted by molar-refractivity contribution is -0.142. The van der Waals surface area contributed by atoms with E-state index in [1.165, 1.54) is 50.5 Å². The standard InChI is InChI=1S/C31H50O/c1-20(2)21(3)10-11-22(4)23-14-18-31(9)25-12-13-26-28(5,6)27(32)16-17-29(26,7)24(25)15-19-30(23,31)8/h15,20,22-23,25-26H,3,10-14,16-19H2,1-2,4-9H3. The lowest BCUT2D eigenvalue weighted by atomic mass is 9.41. The van der Waals surface area contributed by atoms with E-state index < -0.39 is 0 Å². The first-order valence-corrected chi connectivity index (χ1v) is 13.7. The van der Waals surface area contributed by atoms with Gasteiger partial charge >= 0.3 is 0 Å². The molecule has 180 valence electrons. The van der Waals surface area contributed by atoms with Crippen LogP contribution in [0.3, 0.4) is 0 Å². The van der Waals surface area contributed by atoms with Gasteiger partial charge in [0.15, 0.2) is 0 Å². The maximum atomic E-state index is 12.8. The molecule has 0 aromatic carbocycles. The molecular formula is C31H50O. The predicted octanol–water partition coefficient (Wildman–Crippen LogP) is 8.79. The molecule has 0 bridgehead atoms. The summed E-state index contributed by atoms with van der Waals surface area (Å²) in [6, 6.07) is 0. The third-order valence-corrected chi connectivity index (χ3v) is 12.0. The van der Waals surface area contributed by atoms with E-state index in [0.717, 1.165) is 24.7 Å². The number of hydrogen-bond donors (Lipinski definition) is 0. The summed E-state index contributed by atoms with van der Waals surface area (Å²) < 4.78 is 0. The van der Waals surface area contributed by atoms with Crippen LogP contribution in [0.25, 0.3) is 0 Å². The summed E-state index contributed by atoms with van der Waals surface area (Å²) >= 11 is 0. The van der Waals surface area contributed by atoms with E-state index >= 15 is 0 Å². The Labute approximate surface area is 198 Å². The van der Waals surface area contributed by atoms with Crippen molar-refractivity contribution in [1.82, 2.24) is 0 Å². The minimum absolute atomic E-state index is 0.161. The minimum Gasteiger partial charge on any atom is -0.299 e. The first-order valence-electron chi connectivity index (χ1n) is 13.7. The highest BCUT2D eigenvalue weighted by molar-refractivity contribution is 5.85. The third-order valence-electron chi connectivity index (χ3n) is 12.0. The lowest BCUT2D eigenvalue weighted by Gasteiger charge is -2.63. The maximum Gasteiger partial charge on any atom is 0.138 e. The largest absolute Gasteiger partial charge is 0.299 e. The van der Waals surface area contributed by atoms with Gasteiger partial charge in [-0.15, -0.1) is 0 Å². The van der Waals surface area contributed by atoms with Crippen molar-refractivity contribution in [2.75, 3.05) is 0 Å². The summed E-state index contributed by atoms with van der Waals surface area (Å²) in [5.74, 6) is 3.93. The molecule has 0 radical (unpaired) electrons. The number of hydrogen-bond acceptors (Lipinski definition) is 1. The van der Waals surface area contributed by atoms with Crippen molar-refractivity contribution >= 4 is 5.78 Å². The molecule has 7 atom stereocenters. The highest BCUT2D eigenvalue weighted by Gasteiger charge is 2.65. The Bertz CT molecular complexity index is 814. The van der Waals surface area contributed by atoms with E-state index in [1.54, 1.807) is 5.57 Å². The number of allylic oxidation sites excluding steroid dienone is 3. The molecule has 0 saturated heterocycles. The zero-order chi connectivity index (χ0) is 23.7. The monoisotopic (exact) mass is 438 g/mol. The molecule has 1 nitrogen and oxygen atoms in total. The van der Waals surface area contributed by atoms with Gasteiger partial charge in [0, 0.05) is 11.8 Å². The maximum absolute atomic E-state index is 12.8. The van der Waals surface area contributed by atoms with Gasteiger partial charge in [-0.05, 0) is 97.2 Å². The molecule has 3 saturated carbocycles. The molecule has 4 aliphatic rings. The van der Waals surface area contributed by atoms with Crippen LogP contribution in [0, 0.1) is 51.2 Å². The average Bonchev–Trinajstić information content (AvgIpc) is 3.00. The molecule has 0 aromatic rings. The SMILES string of the molecule is C=C(CCC(C)C1CCC2(C)C3CCC4C(C)(C)C(=O)CCC4(C)C3=CCC12C)C(C)C. The first-order chi connectivity index (χ1) is 14.8. The van der Waals surface area contributed by atoms with Gasteiger partial charge in [-0.3, -0.25) is 4.79 Å². The van der Waals surface area contributed by atoms with Crippen LogP contribution in [0.4, 0.5) is 0 Å². The Hall–Kier alpha value is -0.850. The zero-order valence-electron chi connectivity index (χ0n) is 22.4. The molecule has 1 heteroatoms. The van der Waals surface area contributed by atoms with Gasteiger partial charge in [0.05, 0.1) is 0 Å². The third kappa shape index (κ3) is 3.26. The molecule has 3 fully saturated rings. The van der Waals surface area contributed by atoms with Crippen LogP contribution >= 0.6 is 0 Å². The smallest absolute Gasteiger partial charge is 0.138 e. The summed E-state index contributed by atoms with van der Waals surface area (Å²) in [6.45, 7) is 23.8. The lowest BCUT2D eigenvalue weighted by Crippen LogP contribution is -2.56. The zero-order valence-corrected chi connectivity index (χ0v) is 22.4. The molecule has 0 N–H and O–H groups in total. The number of carbonyl (C=O) groups is 1. The van der Waals surface area contributed by atoms with Crippen LogP contribution < -0.4 is 0 Å². The van der Waals surface area contributed by atoms with Gasteiger partial charge in [0.25, 0.3) is 0 Å². The van der Waals surface area contributed by atoms with Crippen LogP contribution in [0.2, 0.25) is 0 Å². The number of carbonyl (C=O) groups excluding carboxylic acids is 1. The molecule has 4 rings (SSSR count). The van der Waals surface area contributed by atoms with Crippen molar-refractivity contribution in [1.29, 1.82) is 0 Å². The van der Waals surface area contributed by atoms with Gasteiger partial charge < -0.3 is 0 Å². The summed E-state index contributed by atoms with van der Waals surface area (Å²) in [4.78, 5) is 12.8. The minimum atomic E-state index is -0.161. The molecule has 4 aliphatic carbocycles. The first kappa shape index (κ1) is 24.3. The summed E-state index contributed by atoms with van der Waals surface area (Å²) in [5.41, 5.74) is 4.06. The van der Waals surface area contributed by atoms with Crippen molar-refractivity contribution in [2.24, 2.45) is 51.2 Å². The molecule has 0 aliphatic heterocycles. The molecule has 32 heavy (non-hydrogen) atoms. The van der Waals surface area contributed by atoms with Crippen LogP contribution in [-0.4, -0.2) is 5.78 Å². The topological polar surface area (TPSA) is 17.1 Å². The molecule has 0 spiro atoms. The molecule has 0 amide bonds. The van der Waals surface area contributed by atoms with Crippen LogP contribution in [0.15, 0.2) is 23.8 Å². The van der Waals surface area contributed by atoms with Crippen molar-refractivity contribution in [3.63, 3.8) is 0 Å². The Kier molecular flexibility index (Phi) is 5.95. The fourth-order valence-electron chi connectivity index (χ4n) is 9.39. The van der Waals surface area contributed by atoms with Gasteiger partial charge in [0.2, 0.25) is 0 Å². The van der Waals surface area contributed by atoms with Crippen LogP contribution in [-0.2, 0) is 4.79 Å². The van der Waals surface area contributed by atoms with Crippen molar-refractivity contribution < 1.29 is 4.79 Å². The molecule has 0 aromatic heterocycles. The van der Waals surface area contributed by atoms with Gasteiger partial charge in [-0.2, -0.15) is 0 Å². The van der Waals surface area contributed by atoms with Gasteiger partial charge in [-0.1, -0.05) is 79.2 Å². The highest BCUT2D eigenvalue weighted by atomic mass is 16.1. The average molecular weight is 439 g/mol. The summed E-state index contributed by atoms with van der Waals surface area (Å²) in [6.07, 6.45) is 13.6. The normalized spacial score (nSPS) is 43.8. The fraction of sp³-hybridized carbons (Fsp3) is 0.839. The number of rotatable bonds is 5. The van der Waals surface area contributed by atoms with E-state index in [1.807, 2.05) is 0 Å². The number of Topliss-reactive ketones (excluding diaryl/α,β-unsaturated/α-hetero) is 1. The van der Waals surface area contributed by atoms with E-state index in [0.29, 0.717) is 34.4 Å². The van der Waals surface area contributed by atoms with Crippen molar-refractivity contribution in [2.45, 2.75) is 113 Å². The Balaban J connectivity index is 1.61. The fourth-order valence-corrected chi connectivity index (χ4v) is 9.39. The number of fused-ring (bicyclic) bond motifs is 5. The van der Waals surface area contributed by atoms with Crippen LogP contribution in [0.5, 0.6) is 0 Å². The van der Waals surface area contributed by atoms with E-state index in [-0.39, 0.29) is 10.8 Å². The highest BCUT2D eigenvalue weighted by Crippen LogP contribution is 2.72. The number of ketones is 1. The quantitative estimate of drug-likeness (QED) is 0.392. The summed E-state index contributed by atoms with van der Waals surface area (Å²) in [5, 5.41) is 0. The molecule has 7 unspecified atom stereocenters. The second-order valence-corrected chi connectivity index (χ2v) is 13.9. The Morgan fingerprint density at radius 2 is 1.72 bits per heavy atom. The molecular weight excluding hydrogens is 388 g/mol. The second kappa shape index (κ2) is 7.84. The van der Waals surface area contributed by atoms with E-state index in [2.05, 4.69) is 68.0 Å². The van der Waals surface area contributed by atoms with E-state index in [9.17, 15) is 4.79 Å². The predicted molar refractivity (Wildman–Crippen MR) is 136 cm³/mol. The Morgan fingerprint density at radius 1 is 1.03 bits per heavy atom.